The van der Waals surface area contributed by atoms with Gasteiger partial charge in [0.2, 0.25) is 0 Å². The highest BCUT2D eigenvalue weighted by molar-refractivity contribution is 7.92. The number of anilines is 2. The van der Waals surface area contributed by atoms with Gasteiger partial charge in [0.1, 0.15) is 0 Å². The van der Waals surface area contributed by atoms with E-state index in [4.69, 9.17) is 0 Å². The van der Waals surface area contributed by atoms with Gasteiger partial charge in [0.25, 0.3) is 15.9 Å². The van der Waals surface area contributed by atoms with Crippen molar-refractivity contribution in [1.82, 2.24) is 9.88 Å². The first-order valence-electron chi connectivity index (χ1n) is 9.41. The van der Waals surface area contributed by atoms with E-state index < -0.39 is 10.0 Å². The van der Waals surface area contributed by atoms with E-state index in [1.165, 1.54) is 42.2 Å². The summed E-state index contributed by atoms with van der Waals surface area (Å²) in [6.07, 6.45) is 3.94. The predicted molar refractivity (Wildman–Crippen MR) is 118 cm³/mol. The number of carbonyl (C=O) groups is 1. The quantitative estimate of drug-likeness (QED) is 0.579. The van der Waals surface area contributed by atoms with Crippen molar-refractivity contribution < 1.29 is 13.2 Å². The third-order valence-corrected chi connectivity index (χ3v) is 5.82. The molecule has 0 fully saturated rings. The summed E-state index contributed by atoms with van der Waals surface area (Å²) in [6, 6.07) is 16.6. The van der Waals surface area contributed by atoms with Gasteiger partial charge < -0.3 is 10.2 Å². The fraction of sp³-hybridized carbons (Fsp3) is 0.182. The predicted octanol–water partition coefficient (Wildman–Crippen LogP) is 3.24. The second-order valence-electron chi connectivity index (χ2n) is 7.07. The number of amides is 1. The standard InChI is InChI=1S/C22H24N4O3S/c1-26(2)16-13-17-3-7-19(8-4-17)24-22(27)18-5-9-21(10-6-18)30(28,29)25-20-11-14-23-15-12-20/h3-12,14-15H,13,16H2,1-2H3,(H,23,25)(H,24,27). The Bertz CT molecular complexity index is 1080. The van der Waals surface area contributed by atoms with Gasteiger partial charge in [0.15, 0.2) is 0 Å². The summed E-state index contributed by atoms with van der Waals surface area (Å²) in [5, 5.41) is 2.83. The zero-order valence-electron chi connectivity index (χ0n) is 16.9. The minimum Gasteiger partial charge on any atom is -0.322 e. The molecule has 0 bridgehead atoms. The molecule has 3 aromatic rings. The molecule has 30 heavy (non-hydrogen) atoms. The Morgan fingerprint density at radius 3 is 2.13 bits per heavy atom. The number of benzene rings is 2. The molecule has 2 aromatic carbocycles. The molecule has 0 unspecified atom stereocenters. The van der Waals surface area contributed by atoms with Crippen molar-refractivity contribution >= 4 is 27.3 Å². The molecule has 7 nitrogen and oxygen atoms in total. The fourth-order valence-corrected chi connectivity index (χ4v) is 3.79. The van der Waals surface area contributed by atoms with Gasteiger partial charge in [0, 0.05) is 30.2 Å². The van der Waals surface area contributed by atoms with Gasteiger partial charge in [-0.15, -0.1) is 0 Å². The third-order valence-electron chi connectivity index (χ3n) is 4.42. The van der Waals surface area contributed by atoms with Crippen molar-refractivity contribution in [2.75, 3.05) is 30.7 Å². The first kappa shape index (κ1) is 21.5. The van der Waals surface area contributed by atoms with Crippen molar-refractivity contribution in [1.29, 1.82) is 0 Å². The van der Waals surface area contributed by atoms with E-state index in [9.17, 15) is 13.2 Å². The van der Waals surface area contributed by atoms with Crippen LogP contribution in [0.2, 0.25) is 0 Å². The molecular formula is C22H24N4O3S. The molecule has 0 atom stereocenters. The van der Waals surface area contributed by atoms with Crippen LogP contribution in [0, 0.1) is 0 Å². The third kappa shape index (κ3) is 5.88. The summed E-state index contributed by atoms with van der Waals surface area (Å²) in [7, 11) is 0.312. The molecule has 0 saturated heterocycles. The van der Waals surface area contributed by atoms with Crippen LogP contribution in [-0.2, 0) is 16.4 Å². The van der Waals surface area contributed by atoms with E-state index in [1.807, 2.05) is 38.4 Å². The zero-order chi connectivity index (χ0) is 21.6. The molecule has 0 spiro atoms. The van der Waals surface area contributed by atoms with Gasteiger partial charge in [0.05, 0.1) is 10.6 Å². The number of sulfonamides is 1. The maximum absolute atomic E-state index is 12.5. The first-order valence-corrected chi connectivity index (χ1v) is 10.9. The van der Waals surface area contributed by atoms with Crippen molar-refractivity contribution in [2.24, 2.45) is 0 Å². The second kappa shape index (κ2) is 9.51. The van der Waals surface area contributed by atoms with Crippen LogP contribution in [0.25, 0.3) is 0 Å². The van der Waals surface area contributed by atoms with Gasteiger partial charge in [-0.25, -0.2) is 8.42 Å². The lowest BCUT2D eigenvalue weighted by atomic mass is 10.1. The monoisotopic (exact) mass is 424 g/mol. The van der Waals surface area contributed by atoms with Gasteiger partial charge in [-0.2, -0.15) is 0 Å². The Morgan fingerprint density at radius 1 is 0.900 bits per heavy atom. The number of carbonyl (C=O) groups excluding carboxylic acids is 1. The minimum absolute atomic E-state index is 0.0705. The highest BCUT2D eigenvalue weighted by Crippen LogP contribution is 2.17. The highest BCUT2D eigenvalue weighted by Gasteiger charge is 2.15. The van der Waals surface area contributed by atoms with Crippen molar-refractivity contribution in [2.45, 2.75) is 11.3 Å². The average Bonchev–Trinajstić information content (AvgIpc) is 2.73. The van der Waals surface area contributed by atoms with Crippen molar-refractivity contribution in [3.8, 4) is 0 Å². The van der Waals surface area contributed by atoms with E-state index in [-0.39, 0.29) is 10.8 Å². The number of hydrogen-bond acceptors (Lipinski definition) is 5. The number of likely N-dealkylation sites (N-methyl/N-ethyl adjacent to an activating group) is 1. The van der Waals surface area contributed by atoms with Crippen LogP contribution >= 0.6 is 0 Å². The van der Waals surface area contributed by atoms with E-state index >= 15 is 0 Å². The summed E-state index contributed by atoms with van der Waals surface area (Å²) >= 11 is 0. The summed E-state index contributed by atoms with van der Waals surface area (Å²) in [5.74, 6) is -0.304. The lowest BCUT2D eigenvalue weighted by Gasteiger charge is -2.11. The molecule has 2 N–H and O–H groups in total. The molecule has 0 saturated carbocycles. The lowest BCUT2D eigenvalue weighted by Crippen LogP contribution is -2.15. The van der Waals surface area contributed by atoms with E-state index in [0.717, 1.165) is 13.0 Å². The van der Waals surface area contributed by atoms with E-state index in [0.29, 0.717) is 16.9 Å². The molecule has 1 aromatic heterocycles. The highest BCUT2D eigenvalue weighted by atomic mass is 32.2. The van der Waals surface area contributed by atoms with Crippen LogP contribution in [0.3, 0.4) is 0 Å². The topological polar surface area (TPSA) is 91.4 Å². The normalized spacial score (nSPS) is 11.3. The number of pyridine rings is 1. The average molecular weight is 425 g/mol. The SMILES string of the molecule is CN(C)CCc1ccc(NC(=O)c2ccc(S(=O)(=O)Nc3ccncc3)cc2)cc1. The van der Waals surface area contributed by atoms with Crippen LogP contribution < -0.4 is 10.0 Å². The molecule has 1 heterocycles. The van der Waals surface area contributed by atoms with Crippen LogP contribution in [0.15, 0.2) is 78.0 Å². The zero-order valence-corrected chi connectivity index (χ0v) is 17.7. The molecule has 156 valence electrons. The smallest absolute Gasteiger partial charge is 0.261 e. The summed E-state index contributed by atoms with van der Waals surface area (Å²) in [5.41, 5.74) is 2.66. The number of aromatic nitrogens is 1. The summed E-state index contributed by atoms with van der Waals surface area (Å²) < 4.78 is 27.4. The van der Waals surface area contributed by atoms with Crippen LogP contribution in [-0.4, -0.2) is 44.8 Å². The minimum atomic E-state index is -3.74. The maximum Gasteiger partial charge on any atom is 0.261 e. The number of nitrogens with one attached hydrogen (secondary N) is 2. The van der Waals surface area contributed by atoms with Gasteiger partial charge in [-0.1, -0.05) is 12.1 Å². The van der Waals surface area contributed by atoms with E-state index in [1.54, 1.807) is 12.1 Å². The van der Waals surface area contributed by atoms with Crippen LogP contribution in [0.5, 0.6) is 0 Å². The molecule has 3 rings (SSSR count). The lowest BCUT2D eigenvalue weighted by molar-refractivity contribution is 0.102. The Balaban J connectivity index is 1.63. The molecule has 8 heteroatoms. The Kier molecular flexibility index (Phi) is 6.81. The fourth-order valence-electron chi connectivity index (χ4n) is 2.73. The molecule has 1 amide bonds. The largest absolute Gasteiger partial charge is 0.322 e. The molecule has 0 radical (unpaired) electrons. The molecule has 0 aliphatic carbocycles. The van der Waals surface area contributed by atoms with Crippen molar-refractivity contribution in [3.05, 3.63) is 84.2 Å². The van der Waals surface area contributed by atoms with Gasteiger partial charge >= 0.3 is 0 Å². The Labute approximate surface area is 176 Å². The maximum atomic E-state index is 12.5. The summed E-state index contributed by atoms with van der Waals surface area (Å²) in [6.45, 7) is 0.955. The van der Waals surface area contributed by atoms with E-state index in [2.05, 4.69) is 19.9 Å². The second-order valence-corrected chi connectivity index (χ2v) is 8.75. The number of rotatable bonds is 8. The van der Waals surface area contributed by atoms with Crippen LogP contribution in [0.1, 0.15) is 15.9 Å². The van der Waals surface area contributed by atoms with Crippen LogP contribution in [0.4, 0.5) is 11.4 Å². The first-order chi connectivity index (χ1) is 14.3. The molecule has 0 aliphatic rings. The number of hydrogen-bond donors (Lipinski definition) is 2. The van der Waals surface area contributed by atoms with Gasteiger partial charge in [-0.05, 0) is 74.6 Å². The Hall–Kier alpha value is -3.23. The Morgan fingerprint density at radius 2 is 1.53 bits per heavy atom. The van der Waals surface area contributed by atoms with Crippen molar-refractivity contribution in [3.63, 3.8) is 0 Å². The molecule has 0 aliphatic heterocycles. The molecular weight excluding hydrogens is 400 g/mol. The van der Waals surface area contributed by atoms with Gasteiger partial charge in [-0.3, -0.25) is 14.5 Å². The summed E-state index contributed by atoms with van der Waals surface area (Å²) in [4.78, 5) is 18.5. The number of nitrogens with zero attached hydrogens (tertiary/aromatic N) is 2.